The highest BCUT2D eigenvalue weighted by Crippen LogP contribution is 2.32. The first-order valence-corrected chi connectivity index (χ1v) is 7.09. The van der Waals surface area contributed by atoms with Gasteiger partial charge in [-0.25, -0.2) is 0 Å². The number of rotatable bonds is 3. The van der Waals surface area contributed by atoms with Gasteiger partial charge < -0.3 is 9.67 Å². The van der Waals surface area contributed by atoms with E-state index in [4.69, 9.17) is 0 Å². The van der Waals surface area contributed by atoms with Crippen molar-refractivity contribution >= 4 is 26.8 Å². The minimum absolute atomic E-state index is 0.404. The van der Waals surface area contributed by atoms with Gasteiger partial charge in [0.15, 0.2) is 0 Å². The summed E-state index contributed by atoms with van der Waals surface area (Å²) >= 11 is 3.63. The van der Waals surface area contributed by atoms with Crippen LogP contribution >= 0.6 is 15.9 Å². The molecule has 2 rings (SSSR count). The molecule has 0 amide bonds. The summed E-state index contributed by atoms with van der Waals surface area (Å²) in [5.41, 5.74) is 1.73. The van der Waals surface area contributed by atoms with E-state index in [0.717, 1.165) is 4.47 Å². The number of aliphatic hydroxyl groups is 1. The van der Waals surface area contributed by atoms with Crippen molar-refractivity contribution in [1.82, 2.24) is 4.57 Å². The third-order valence-corrected chi connectivity index (χ3v) is 3.71. The van der Waals surface area contributed by atoms with E-state index in [2.05, 4.69) is 52.7 Å². The normalized spacial score (nSPS) is 12.6. The Labute approximate surface area is 117 Å². The Morgan fingerprint density at radius 1 is 1.33 bits per heavy atom. The van der Waals surface area contributed by atoms with E-state index in [1.165, 1.54) is 16.5 Å². The molecule has 1 aromatic carbocycles. The van der Waals surface area contributed by atoms with Crippen LogP contribution in [0.4, 0.5) is 0 Å². The molecule has 3 heteroatoms. The van der Waals surface area contributed by atoms with Gasteiger partial charge in [0.05, 0.1) is 11.1 Å². The predicted octanol–water partition coefficient (Wildman–Crippen LogP) is 4.30. The molecule has 0 aliphatic heterocycles. The molecule has 0 aliphatic rings. The smallest absolute Gasteiger partial charge is 0.0632 e. The fourth-order valence-electron chi connectivity index (χ4n) is 2.35. The second kappa shape index (κ2) is 4.71. The molecule has 18 heavy (non-hydrogen) atoms. The maximum atomic E-state index is 10.0. The summed E-state index contributed by atoms with van der Waals surface area (Å²) in [6, 6.07) is 6.64. The SMILES string of the molecule is CC(C)n1cc(CC(C)(C)O)c2cccc(Br)c21. The van der Waals surface area contributed by atoms with E-state index < -0.39 is 5.60 Å². The number of benzene rings is 1. The van der Waals surface area contributed by atoms with Gasteiger partial charge in [0.2, 0.25) is 0 Å². The molecule has 0 saturated heterocycles. The number of hydrogen-bond donors (Lipinski definition) is 1. The van der Waals surface area contributed by atoms with Crippen LogP contribution in [0.5, 0.6) is 0 Å². The van der Waals surface area contributed by atoms with E-state index >= 15 is 0 Å². The van der Waals surface area contributed by atoms with Gasteiger partial charge in [-0.15, -0.1) is 0 Å². The number of hydrogen-bond acceptors (Lipinski definition) is 1. The molecule has 0 bridgehead atoms. The molecule has 2 aromatic rings. The Kier molecular flexibility index (Phi) is 3.56. The van der Waals surface area contributed by atoms with Gasteiger partial charge >= 0.3 is 0 Å². The number of fused-ring (bicyclic) bond motifs is 1. The number of nitrogens with zero attached hydrogens (tertiary/aromatic N) is 1. The first-order chi connectivity index (χ1) is 8.29. The maximum absolute atomic E-state index is 10.0. The van der Waals surface area contributed by atoms with Gasteiger partial charge in [0.1, 0.15) is 0 Å². The van der Waals surface area contributed by atoms with Crippen LogP contribution in [0.3, 0.4) is 0 Å². The van der Waals surface area contributed by atoms with Crippen LogP contribution in [0.25, 0.3) is 10.9 Å². The Morgan fingerprint density at radius 2 is 2.00 bits per heavy atom. The van der Waals surface area contributed by atoms with Crippen LogP contribution in [0, 0.1) is 0 Å². The number of halogens is 1. The quantitative estimate of drug-likeness (QED) is 0.898. The Bertz CT molecular complexity index is 564. The molecule has 1 heterocycles. The van der Waals surface area contributed by atoms with Crippen molar-refractivity contribution in [2.24, 2.45) is 0 Å². The van der Waals surface area contributed by atoms with Crippen LogP contribution in [-0.2, 0) is 6.42 Å². The zero-order chi connectivity index (χ0) is 13.5. The second-order valence-corrected chi connectivity index (χ2v) is 6.63. The van der Waals surface area contributed by atoms with Crippen molar-refractivity contribution in [3.63, 3.8) is 0 Å². The summed E-state index contributed by atoms with van der Waals surface area (Å²) in [4.78, 5) is 0. The molecule has 0 fully saturated rings. The van der Waals surface area contributed by atoms with Crippen molar-refractivity contribution in [1.29, 1.82) is 0 Å². The van der Waals surface area contributed by atoms with Crippen LogP contribution in [0.15, 0.2) is 28.9 Å². The maximum Gasteiger partial charge on any atom is 0.0632 e. The molecule has 98 valence electrons. The first-order valence-electron chi connectivity index (χ1n) is 6.30. The number of para-hydroxylation sites is 1. The zero-order valence-corrected chi connectivity index (χ0v) is 13.0. The van der Waals surface area contributed by atoms with Crippen molar-refractivity contribution in [3.8, 4) is 0 Å². The van der Waals surface area contributed by atoms with Gasteiger partial charge in [-0.1, -0.05) is 12.1 Å². The fraction of sp³-hybridized carbons (Fsp3) is 0.467. The summed E-state index contributed by atoms with van der Waals surface area (Å²) < 4.78 is 3.37. The molecule has 0 spiro atoms. The topological polar surface area (TPSA) is 25.2 Å². The highest BCUT2D eigenvalue weighted by Gasteiger charge is 2.19. The van der Waals surface area contributed by atoms with Crippen LogP contribution < -0.4 is 0 Å². The molecule has 0 unspecified atom stereocenters. The molecular weight excluding hydrogens is 290 g/mol. The molecular formula is C15H20BrNO. The average molecular weight is 310 g/mol. The zero-order valence-electron chi connectivity index (χ0n) is 11.4. The van der Waals surface area contributed by atoms with E-state index in [-0.39, 0.29) is 0 Å². The lowest BCUT2D eigenvalue weighted by molar-refractivity contribution is 0.0813. The lowest BCUT2D eigenvalue weighted by Crippen LogP contribution is -2.21. The molecule has 1 N–H and O–H groups in total. The molecule has 1 aromatic heterocycles. The highest BCUT2D eigenvalue weighted by atomic mass is 79.9. The average Bonchev–Trinajstić information content (AvgIpc) is 2.56. The Hall–Kier alpha value is -0.800. The van der Waals surface area contributed by atoms with Crippen LogP contribution in [-0.4, -0.2) is 15.3 Å². The molecule has 2 nitrogen and oxygen atoms in total. The molecule has 0 aliphatic carbocycles. The lowest BCUT2D eigenvalue weighted by atomic mass is 9.98. The second-order valence-electron chi connectivity index (χ2n) is 5.78. The number of aromatic nitrogens is 1. The van der Waals surface area contributed by atoms with E-state index in [0.29, 0.717) is 12.5 Å². The van der Waals surface area contributed by atoms with Crippen molar-refractivity contribution in [3.05, 3.63) is 34.4 Å². The van der Waals surface area contributed by atoms with E-state index in [1.54, 1.807) is 0 Å². The van der Waals surface area contributed by atoms with Gasteiger partial charge in [-0.3, -0.25) is 0 Å². The summed E-state index contributed by atoms with van der Waals surface area (Å²) in [5, 5.41) is 11.2. The monoisotopic (exact) mass is 309 g/mol. The van der Waals surface area contributed by atoms with Gasteiger partial charge in [-0.05, 0) is 55.3 Å². The van der Waals surface area contributed by atoms with E-state index in [9.17, 15) is 5.11 Å². The summed E-state index contributed by atoms with van der Waals surface area (Å²) in [5.74, 6) is 0. The highest BCUT2D eigenvalue weighted by molar-refractivity contribution is 9.10. The fourth-order valence-corrected chi connectivity index (χ4v) is 2.92. The summed E-state index contributed by atoms with van der Waals surface area (Å²) in [6.07, 6.45) is 2.83. The third-order valence-electron chi connectivity index (χ3n) is 3.07. The van der Waals surface area contributed by atoms with Crippen LogP contribution in [0.2, 0.25) is 0 Å². The Morgan fingerprint density at radius 3 is 2.56 bits per heavy atom. The Balaban J connectivity index is 2.65. The predicted molar refractivity (Wildman–Crippen MR) is 80.0 cm³/mol. The molecule has 0 saturated carbocycles. The van der Waals surface area contributed by atoms with Crippen molar-refractivity contribution in [2.75, 3.05) is 0 Å². The summed E-state index contributed by atoms with van der Waals surface area (Å²) in [7, 11) is 0. The van der Waals surface area contributed by atoms with Gasteiger partial charge in [0.25, 0.3) is 0 Å². The van der Waals surface area contributed by atoms with Gasteiger partial charge in [-0.2, -0.15) is 0 Å². The lowest BCUT2D eigenvalue weighted by Gasteiger charge is -2.16. The standard InChI is InChI=1S/C15H20BrNO/c1-10(2)17-9-11(8-15(3,4)18)12-6-5-7-13(16)14(12)17/h5-7,9-10,18H,8H2,1-4H3. The minimum Gasteiger partial charge on any atom is -0.390 e. The third kappa shape index (κ3) is 2.62. The van der Waals surface area contributed by atoms with Crippen molar-refractivity contribution < 1.29 is 5.11 Å². The van der Waals surface area contributed by atoms with Crippen molar-refractivity contribution in [2.45, 2.75) is 45.8 Å². The van der Waals surface area contributed by atoms with Crippen LogP contribution in [0.1, 0.15) is 39.3 Å². The first kappa shape index (κ1) is 13.6. The van der Waals surface area contributed by atoms with Gasteiger partial charge in [0, 0.05) is 28.5 Å². The molecule has 0 atom stereocenters. The summed E-state index contributed by atoms with van der Waals surface area (Å²) in [6.45, 7) is 8.05. The van der Waals surface area contributed by atoms with E-state index in [1.807, 2.05) is 19.9 Å². The minimum atomic E-state index is -0.682. The largest absolute Gasteiger partial charge is 0.390 e. The molecule has 0 radical (unpaired) electrons.